The molecule has 0 aliphatic carbocycles. The average molecular weight is 187 g/mol. The molecule has 68 valence electrons. The molecular weight excluding hydrogens is 174 g/mol. The first-order valence-corrected chi connectivity index (χ1v) is 4.69. The second-order valence-electron chi connectivity index (χ2n) is 1.71. The molecule has 0 atom stereocenters. The van der Waals surface area contributed by atoms with E-state index < -0.39 is 0 Å². The molecule has 0 bridgehead atoms. The van der Waals surface area contributed by atoms with E-state index >= 15 is 0 Å². The molecule has 0 fully saturated rings. The first kappa shape index (κ1) is 11.1. The van der Waals surface area contributed by atoms with Crippen molar-refractivity contribution in [1.82, 2.24) is 4.98 Å². The van der Waals surface area contributed by atoms with Crippen molar-refractivity contribution in [3.05, 3.63) is 16.6 Å². The third-order valence-electron chi connectivity index (χ3n) is 0.882. The molecule has 0 aliphatic rings. The van der Waals surface area contributed by atoms with E-state index in [-0.39, 0.29) is 5.97 Å². The van der Waals surface area contributed by atoms with E-state index in [2.05, 4.69) is 4.98 Å². The lowest BCUT2D eigenvalue weighted by atomic mass is 10.7. The zero-order valence-corrected chi connectivity index (χ0v) is 8.35. The molecule has 1 rings (SSSR count). The number of aromatic nitrogens is 1. The molecule has 4 heteroatoms. The fourth-order valence-electron chi connectivity index (χ4n) is 0.488. The molecule has 1 aromatic rings. The van der Waals surface area contributed by atoms with Gasteiger partial charge in [-0.3, -0.25) is 4.79 Å². The van der Waals surface area contributed by atoms with E-state index in [1.165, 1.54) is 18.3 Å². The Labute approximate surface area is 76.4 Å². The van der Waals surface area contributed by atoms with E-state index in [9.17, 15) is 4.79 Å². The molecule has 1 heterocycles. The Morgan fingerprint density at radius 2 is 2.33 bits per heavy atom. The van der Waals surface area contributed by atoms with Crippen molar-refractivity contribution in [3.8, 4) is 0 Å². The highest BCUT2D eigenvalue weighted by molar-refractivity contribution is 7.09. The molecule has 0 radical (unpaired) electrons. The van der Waals surface area contributed by atoms with Crippen LogP contribution in [0.1, 0.15) is 25.8 Å². The van der Waals surface area contributed by atoms with Crippen LogP contribution >= 0.6 is 11.3 Å². The minimum absolute atomic E-state index is 0.268. The van der Waals surface area contributed by atoms with Crippen LogP contribution in [0.25, 0.3) is 0 Å². The van der Waals surface area contributed by atoms with Gasteiger partial charge in [-0.15, -0.1) is 11.3 Å². The summed E-state index contributed by atoms with van der Waals surface area (Å²) in [7, 11) is 0. The molecule has 0 saturated carbocycles. The predicted molar refractivity (Wildman–Crippen MR) is 48.9 cm³/mol. The summed E-state index contributed by atoms with van der Waals surface area (Å²) in [5.74, 6) is -0.268. The Bertz CT molecular complexity index is 209. The molecule has 0 N–H and O–H groups in total. The maximum absolute atomic E-state index is 10.3. The number of carbonyl (C=O) groups excluding carboxylic acids is 1. The van der Waals surface area contributed by atoms with Crippen molar-refractivity contribution >= 4 is 17.3 Å². The van der Waals surface area contributed by atoms with Crippen LogP contribution in [-0.2, 0) is 16.1 Å². The predicted octanol–water partition coefficient (Wildman–Crippen LogP) is 2.23. The molecular formula is C8H13NO2S. The van der Waals surface area contributed by atoms with Crippen LogP contribution < -0.4 is 0 Å². The Kier molecular flexibility index (Phi) is 6.28. The monoisotopic (exact) mass is 187 g/mol. The number of hydrogen-bond acceptors (Lipinski definition) is 4. The number of carbonyl (C=O) groups is 1. The maximum atomic E-state index is 10.3. The van der Waals surface area contributed by atoms with E-state index in [1.807, 2.05) is 19.2 Å². The van der Waals surface area contributed by atoms with Crippen molar-refractivity contribution in [2.45, 2.75) is 27.4 Å². The quantitative estimate of drug-likeness (QED) is 0.666. The molecule has 0 aromatic carbocycles. The van der Waals surface area contributed by atoms with Crippen molar-refractivity contribution in [1.29, 1.82) is 0 Å². The molecule has 0 saturated heterocycles. The standard InChI is InChI=1S/C6H7NO2S.C2H6/c1-5(8)9-4-6-7-2-3-10-6;1-2/h2-3H,4H2,1H3;1-2H3. The van der Waals surface area contributed by atoms with Crippen LogP contribution in [0.15, 0.2) is 11.6 Å². The van der Waals surface area contributed by atoms with Crippen molar-refractivity contribution in [2.75, 3.05) is 0 Å². The number of hydrogen-bond donors (Lipinski definition) is 0. The SMILES string of the molecule is CC.CC(=O)OCc1nccs1. The summed E-state index contributed by atoms with van der Waals surface area (Å²) in [5, 5.41) is 2.67. The zero-order chi connectivity index (χ0) is 9.40. The number of esters is 1. The normalized spacial score (nSPS) is 8.25. The molecule has 12 heavy (non-hydrogen) atoms. The third kappa shape index (κ3) is 4.85. The average Bonchev–Trinajstić information content (AvgIpc) is 2.56. The summed E-state index contributed by atoms with van der Waals surface area (Å²) < 4.78 is 4.70. The number of ether oxygens (including phenoxy) is 1. The highest BCUT2D eigenvalue weighted by Crippen LogP contribution is 2.04. The first-order valence-electron chi connectivity index (χ1n) is 3.81. The van der Waals surface area contributed by atoms with Gasteiger partial charge in [0.2, 0.25) is 0 Å². The van der Waals surface area contributed by atoms with Crippen LogP contribution in [0.5, 0.6) is 0 Å². The Morgan fingerprint density at radius 3 is 2.75 bits per heavy atom. The van der Waals surface area contributed by atoms with E-state index in [4.69, 9.17) is 4.74 Å². The van der Waals surface area contributed by atoms with Gasteiger partial charge >= 0.3 is 5.97 Å². The summed E-state index contributed by atoms with van der Waals surface area (Å²) in [4.78, 5) is 14.2. The minimum Gasteiger partial charge on any atom is -0.458 e. The van der Waals surface area contributed by atoms with Crippen LogP contribution in [0.4, 0.5) is 0 Å². The molecule has 0 amide bonds. The third-order valence-corrected chi connectivity index (χ3v) is 1.64. The highest BCUT2D eigenvalue weighted by Gasteiger charge is 1.96. The van der Waals surface area contributed by atoms with Crippen molar-refractivity contribution < 1.29 is 9.53 Å². The summed E-state index contributed by atoms with van der Waals surface area (Å²) >= 11 is 1.48. The lowest BCUT2D eigenvalue weighted by Gasteiger charge is -1.95. The van der Waals surface area contributed by atoms with Gasteiger partial charge in [-0.25, -0.2) is 4.98 Å². The maximum Gasteiger partial charge on any atom is 0.303 e. The molecule has 0 aliphatic heterocycles. The van der Waals surface area contributed by atoms with Crippen LogP contribution in [-0.4, -0.2) is 11.0 Å². The van der Waals surface area contributed by atoms with E-state index in [1.54, 1.807) is 6.20 Å². The van der Waals surface area contributed by atoms with Gasteiger partial charge in [0.25, 0.3) is 0 Å². The molecule has 0 unspecified atom stereocenters. The van der Waals surface area contributed by atoms with Crippen molar-refractivity contribution in [2.24, 2.45) is 0 Å². The Morgan fingerprint density at radius 1 is 1.67 bits per heavy atom. The molecule has 1 aromatic heterocycles. The van der Waals surface area contributed by atoms with Crippen LogP contribution in [0, 0.1) is 0 Å². The largest absolute Gasteiger partial charge is 0.458 e. The highest BCUT2D eigenvalue weighted by atomic mass is 32.1. The lowest BCUT2D eigenvalue weighted by Crippen LogP contribution is -1.97. The van der Waals surface area contributed by atoms with Gasteiger partial charge in [-0.2, -0.15) is 0 Å². The summed E-state index contributed by atoms with van der Waals surface area (Å²) in [6.07, 6.45) is 1.68. The summed E-state index contributed by atoms with van der Waals surface area (Å²) in [6, 6.07) is 0. The first-order chi connectivity index (χ1) is 5.79. The molecule has 3 nitrogen and oxygen atoms in total. The fraction of sp³-hybridized carbons (Fsp3) is 0.500. The number of rotatable bonds is 2. The minimum atomic E-state index is -0.268. The Hall–Kier alpha value is -0.900. The molecule has 0 spiro atoms. The zero-order valence-electron chi connectivity index (χ0n) is 7.53. The van der Waals surface area contributed by atoms with E-state index in [0.717, 1.165) is 5.01 Å². The van der Waals surface area contributed by atoms with Gasteiger partial charge < -0.3 is 4.74 Å². The van der Waals surface area contributed by atoms with Crippen molar-refractivity contribution in [3.63, 3.8) is 0 Å². The fourth-order valence-corrected chi connectivity index (χ4v) is 1.02. The van der Waals surface area contributed by atoms with Gasteiger partial charge in [-0.05, 0) is 0 Å². The van der Waals surface area contributed by atoms with Gasteiger partial charge in [0.05, 0.1) is 0 Å². The van der Waals surface area contributed by atoms with E-state index in [0.29, 0.717) is 6.61 Å². The van der Waals surface area contributed by atoms with Gasteiger partial charge in [-0.1, -0.05) is 13.8 Å². The van der Waals surface area contributed by atoms with Crippen LogP contribution in [0.3, 0.4) is 0 Å². The summed E-state index contributed by atoms with van der Waals surface area (Å²) in [5.41, 5.74) is 0. The van der Waals surface area contributed by atoms with Crippen LogP contribution in [0.2, 0.25) is 0 Å². The topological polar surface area (TPSA) is 39.2 Å². The van der Waals surface area contributed by atoms with Gasteiger partial charge in [0.1, 0.15) is 11.6 Å². The smallest absolute Gasteiger partial charge is 0.303 e. The second kappa shape index (κ2) is 6.79. The number of nitrogens with zero attached hydrogens (tertiary/aromatic N) is 1. The second-order valence-corrected chi connectivity index (χ2v) is 2.69. The Balaban J connectivity index is 0.000000561. The number of thiazole rings is 1. The van der Waals surface area contributed by atoms with Gasteiger partial charge in [0.15, 0.2) is 0 Å². The van der Waals surface area contributed by atoms with Gasteiger partial charge in [0, 0.05) is 18.5 Å². The lowest BCUT2D eigenvalue weighted by molar-refractivity contribution is -0.142. The summed E-state index contributed by atoms with van der Waals surface area (Å²) in [6.45, 7) is 5.68.